The summed E-state index contributed by atoms with van der Waals surface area (Å²) in [6, 6.07) is 0. The molecule has 1 aliphatic carbocycles. The summed E-state index contributed by atoms with van der Waals surface area (Å²) in [6.45, 7) is 2.29. The zero-order valence-corrected chi connectivity index (χ0v) is 10.2. The molecule has 0 bridgehead atoms. The second kappa shape index (κ2) is 5.89. The van der Waals surface area contributed by atoms with E-state index in [4.69, 9.17) is 4.74 Å². The lowest BCUT2D eigenvalue weighted by molar-refractivity contribution is 0.343. The monoisotopic (exact) mass is 210 g/mol. The maximum Gasteiger partial charge on any atom is 0.0844 e. The van der Waals surface area contributed by atoms with Gasteiger partial charge in [0.05, 0.1) is 12.2 Å². The van der Waals surface area contributed by atoms with Crippen LogP contribution in [-0.2, 0) is 4.74 Å². The molecule has 3 unspecified atom stereocenters. The van der Waals surface area contributed by atoms with Crippen LogP contribution in [0.5, 0.6) is 0 Å². The lowest BCUT2D eigenvalue weighted by Gasteiger charge is -2.18. The molecular formula is C14H26O. The Balaban J connectivity index is 1.43. The molecule has 0 amide bonds. The Bertz CT molecular complexity index is 178. The van der Waals surface area contributed by atoms with Crippen LogP contribution >= 0.6 is 0 Å². The largest absolute Gasteiger partial charge is 0.370 e. The van der Waals surface area contributed by atoms with Gasteiger partial charge >= 0.3 is 0 Å². The van der Waals surface area contributed by atoms with Crippen molar-refractivity contribution in [3.05, 3.63) is 0 Å². The zero-order chi connectivity index (χ0) is 10.5. The second-order valence-electron chi connectivity index (χ2n) is 5.45. The highest BCUT2D eigenvalue weighted by Gasteiger charge is 2.43. The van der Waals surface area contributed by atoms with Crippen LogP contribution in [0.1, 0.15) is 71.1 Å². The Morgan fingerprint density at radius 3 is 2.53 bits per heavy atom. The van der Waals surface area contributed by atoms with Gasteiger partial charge in [-0.05, 0) is 25.2 Å². The van der Waals surface area contributed by atoms with Crippen molar-refractivity contribution in [2.45, 2.75) is 83.3 Å². The maximum atomic E-state index is 5.57. The molecule has 0 radical (unpaired) electrons. The molecule has 1 aliphatic heterocycles. The third kappa shape index (κ3) is 3.79. The van der Waals surface area contributed by atoms with Crippen LogP contribution in [0.4, 0.5) is 0 Å². The molecule has 88 valence electrons. The van der Waals surface area contributed by atoms with E-state index in [-0.39, 0.29) is 0 Å². The summed E-state index contributed by atoms with van der Waals surface area (Å²) in [5, 5.41) is 0. The van der Waals surface area contributed by atoms with Gasteiger partial charge in [0, 0.05) is 0 Å². The Kier molecular flexibility index (Phi) is 4.49. The third-order valence-corrected chi connectivity index (χ3v) is 4.08. The van der Waals surface area contributed by atoms with Crippen LogP contribution in [0.15, 0.2) is 0 Å². The maximum absolute atomic E-state index is 5.57. The first-order valence-electron chi connectivity index (χ1n) is 7.05. The van der Waals surface area contributed by atoms with E-state index in [1.54, 1.807) is 0 Å². The Labute approximate surface area is 94.6 Å². The van der Waals surface area contributed by atoms with Crippen molar-refractivity contribution >= 4 is 0 Å². The average Bonchev–Trinajstić information content (AvgIpc) is 3.01. The van der Waals surface area contributed by atoms with Crippen LogP contribution in [0, 0.1) is 5.92 Å². The van der Waals surface area contributed by atoms with Crippen molar-refractivity contribution in [2.75, 3.05) is 0 Å². The molecule has 1 nitrogen and oxygen atoms in total. The minimum atomic E-state index is 0.684. The topological polar surface area (TPSA) is 12.5 Å². The fourth-order valence-corrected chi connectivity index (χ4v) is 2.96. The van der Waals surface area contributed by atoms with Crippen molar-refractivity contribution in [1.82, 2.24) is 0 Å². The van der Waals surface area contributed by atoms with Crippen molar-refractivity contribution < 1.29 is 4.74 Å². The van der Waals surface area contributed by atoms with Crippen LogP contribution in [0.3, 0.4) is 0 Å². The number of rotatable bonds is 7. The van der Waals surface area contributed by atoms with Crippen LogP contribution in [0.2, 0.25) is 0 Å². The first-order valence-corrected chi connectivity index (χ1v) is 7.05. The quantitative estimate of drug-likeness (QED) is 0.451. The lowest BCUT2D eigenvalue weighted by atomic mass is 9.85. The summed E-state index contributed by atoms with van der Waals surface area (Å²) in [4.78, 5) is 0. The molecule has 2 rings (SSSR count). The van der Waals surface area contributed by atoms with Gasteiger partial charge in [0.25, 0.3) is 0 Å². The van der Waals surface area contributed by atoms with Gasteiger partial charge in [-0.1, -0.05) is 51.9 Å². The molecule has 1 saturated heterocycles. The van der Waals surface area contributed by atoms with Crippen LogP contribution in [-0.4, -0.2) is 12.2 Å². The number of unbranched alkanes of at least 4 members (excludes halogenated alkanes) is 5. The molecule has 15 heavy (non-hydrogen) atoms. The van der Waals surface area contributed by atoms with Gasteiger partial charge in [0.1, 0.15) is 0 Å². The van der Waals surface area contributed by atoms with Gasteiger partial charge < -0.3 is 4.74 Å². The SMILES string of the molecule is CCCCCCCCC1CCC2OC2C1. The number of hydrogen-bond donors (Lipinski definition) is 0. The fourth-order valence-electron chi connectivity index (χ4n) is 2.96. The molecule has 2 aliphatic rings. The van der Waals surface area contributed by atoms with E-state index in [2.05, 4.69) is 6.92 Å². The molecule has 0 aromatic heterocycles. The second-order valence-corrected chi connectivity index (χ2v) is 5.45. The Morgan fingerprint density at radius 1 is 0.933 bits per heavy atom. The third-order valence-electron chi connectivity index (χ3n) is 4.08. The summed E-state index contributed by atoms with van der Waals surface area (Å²) in [5.41, 5.74) is 0. The summed E-state index contributed by atoms with van der Waals surface area (Å²) >= 11 is 0. The summed E-state index contributed by atoms with van der Waals surface area (Å²) in [7, 11) is 0. The van der Waals surface area contributed by atoms with E-state index in [0.717, 1.165) is 5.92 Å². The van der Waals surface area contributed by atoms with Crippen LogP contribution < -0.4 is 0 Å². The molecular weight excluding hydrogens is 184 g/mol. The Morgan fingerprint density at radius 2 is 1.73 bits per heavy atom. The molecule has 0 spiro atoms. The molecule has 0 aromatic carbocycles. The minimum Gasteiger partial charge on any atom is -0.370 e. The highest BCUT2D eigenvalue weighted by molar-refractivity contribution is 4.91. The normalized spacial score (nSPS) is 33.8. The van der Waals surface area contributed by atoms with E-state index in [1.807, 2.05) is 0 Å². The molecule has 3 atom stereocenters. The van der Waals surface area contributed by atoms with Crippen molar-refractivity contribution in [3.63, 3.8) is 0 Å². The molecule has 1 saturated carbocycles. The standard InChI is InChI=1S/C14H26O/c1-2-3-4-5-6-7-8-12-9-10-13-14(11-12)15-13/h12-14H,2-11H2,1H3. The van der Waals surface area contributed by atoms with Gasteiger partial charge in [-0.15, -0.1) is 0 Å². The zero-order valence-electron chi connectivity index (χ0n) is 10.2. The van der Waals surface area contributed by atoms with Gasteiger partial charge in [-0.3, -0.25) is 0 Å². The predicted octanol–water partition coefficient (Wildman–Crippen LogP) is 4.30. The highest BCUT2D eigenvalue weighted by Crippen LogP contribution is 2.41. The van der Waals surface area contributed by atoms with E-state index < -0.39 is 0 Å². The number of fused-ring (bicyclic) bond motifs is 1. The molecule has 1 heterocycles. The minimum absolute atomic E-state index is 0.684. The van der Waals surface area contributed by atoms with Gasteiger partial charge in [0.15, 0.2) is 0 Å². The molecule has 2 fully saturated rings. The smallest absolute Gasteiger partial charge is 0.0844 e. The molecule has 0 aromatic rings. The van der Waals surface area contributed by atoms with E-state index in [9.17, 15) is 0 Å². The molecule has 1 heteroatoms. The van der Waals surface area contributed by atoms with Gasteiger partial charge in [-0.25, -0.2) is 0 Å². The summed E-state index contributed by atoms with van der Waals surface area (Å²) in [6.07, 6.45) is 15.6. The fraction of sp³-hybridized carbons (Fsp3) is 1.00. The van der Waals surface area contributed by atoms with Gasteiger partial charge in [-0.2, -0.15) is 0 Å². The van der Waals surface area contributed by atoms with Gasteiger partial charge in [0.2, 0.25) is 0 Å². The average molecular weight is 210 g/mol. The van der Waals surface area contributed by atoms with Crippen molar-refractivity contribution in [3.8, 4) is 0 Å². The first kappa shape index (κ1) is 11.4. The Hall–Kier alpha value is -0.0400. The number of epoxide rings is 1. The summed E-state index contributed by atoms with van der Waals surface area (Å²) < 4.78 is 5.57. The first-order chi connectivity index (χ1) is 7.40. The summed E-state index contributed by atoms with van der Waals surface area (Å²) in [5.74, 6) is 1.000. The van der Waals surface area contributed by atoms with E-state index in [0.29, 0.717) is 12.2 Å². The van der Waals surface area contributed by atoms with E-state index in [1.165, 1.54) is 64.2 Å². The van der Waals surface area contributed by atoms with E-state index >= 15 is 0 Å². The predicted molar refractivity (Wildman–Crippen MR) is 64.0 cm³/mol. The lowest BCUT2D eigenvalue weighted by Crippen LogP contribution is -2.13. The van der Waals surface area contributed by atoms with Crippen molar-refractivity contribution in [2.24, 2.45) is 5.92 Å². The number of hydrogen-bond acceptors (Lipinski definition) is 1. The van der Waals surface area contributed by atoms with Crippen LogP contribution in [0.25, 0.3) is 0 Å². The van der Waals surface area contributed by atoms with Crippen molar-refractivity contribution in [1.29, 1.82) is 0 Å². The number of ether oxygens (including phenoxy) is 1. The highest BCUT2D eigenvalue weighted by atomic mass is 16.6. The molecule has 0 N–H and O–H groups in total.